The summed E-state index contributed by atoms with van der Waals surface area (Å²) in [5.41, 5.74) is 2.02. The SMILES string of the molecule is CC(=O)O.[Ru].c1ccc(P(c2ccccc2)c2ccc3c(c2-c2c(P(c4ccccc4)c4ccccc4)ccc4c2OCO4)OCO3)cc1. The molecular weight excluding hydrogens is 739 g/mol. The van der Waals surface area contributed by atoms with Crippen LogP contribution in [-0.2, 0) is 24.3 Å². The Morgan fingerprint density at radius 1 is 0.490 bits per heavy atom. The first-order chi connectivity index (χ1) is 23.6. The smallest absolute Gasteiger partial charge is 0.300 e. The molecule has 6 nitrogen and oxygen atoms in total. The second kappa shape index (κ2) is 15.8. The first kappa shape index (κ1) is 34.3. The van der Waals surface area contributed by atoms with Crippen molar-refractivity contribution in [3.8, 4) is 34.1 Å². The maximum absolute atomic E-state index is 9.00. The molecule has 246 valence electrons. The first-order valence-electron chi connectivity index (χ1n) is 15.5. The third kappa shape index (κ3) is 7.26. The van der Waals surface area contributed by atoms with Gasteiger partial charge in [0.25, 0.3) is 5.97 Å². The van der Waals surface area contributed by atoms with Crippen LogP contribution in [0, 0.1) is 0 Å². The molecule has 2 heterocycles. The van der Waals surface area contributed by atoms with E-state index >= 15 is 0 Å². The van der Waals surface area contributed by atoms with Crippen LogP contribution in [-0.4, -0.2) is 24.7 Å². The van der Waals surface area contributed by atoms with Crippen LogP contribution in [0.3, 0.4) is 0 Å². The number of hydrogen-bond donors (Lipinski definition) is 1. The Morgan fingerprint density at radius 2 is 0.776 bits per heavy atom. The Labute approximate surface area is 300 Å². The van der Waals surface area contributed by atoms with Gasteiger partial charge < -0.3 is 24.1 Å². The van der Waals surface area contributed by atoms with Gasteiger partial charge in [0.1, 0.15) is 0 Å². The number of carbonyl (C=O) groups is 1. The van der Waals surface area contributed by atoms with Gasteiger partial charge in [0.2, 0.25) is 13.6 Å². The Morgan fingerprint density at radius 3 is 1.06 bits per heavy atom. The van der Waals surface area contributed by atoms with Crippen molar-refractivity contribution in [1.82, 2.24) is 0 Å². The van der Waals surface area contributed by atoms with Crippen LogP contribution in [0.4, 0.5) is 0 Å². The number of fused-ring (bicyclic) bond motifs is 2. The van der Waals surface area contributed by atoms with Gasteiger partial charge in [-0.2, -0.15) is 0 Å². The van der Waals surface area contributed by atoms with E-state index in [1.807, 2.05) is 0 Å². The van der Waals surface area contributed by atoms with Crippen molar-refractivity contribution in [3.63, 3.8) is 0 Å². The van der Waals surface area contributed by atoms with Gasteiger partial charge in [-0.05, 0) is 71.9 Å². The van der Waals surface area contributed by atoms with Gasteiger partial charge in [-0.25, -0.2) is 0 Å². The minimum atomic E-state index is -0.968. The molecule has 2 aliphatic rings. The average molecular weight is 772 g/mol. The van der Waals surface area contributed by atoms with Crippen molar-refractivity contribution in [3.05, 3.63) is 146 Å². The molecule has 6 aromatic carbocycles. The molecule has 1 N–H and O–H groups in total. The predicted octanol–water partition coefficient (Wildman–Crippen LogP) is 6.42. The van der Waals surface area contributed by atoms with Crippen LogP contribution in [0.2, 0.25) is 0 Å². The standard InChI is InChI=1S/C38H28O4P2.C2H4O2.Ru/c1-5-13-27(14-6-1)43(28-15-7-2-8-16-28)33-23-21-31-37(41-25-39-31)35(33)36-34(24-22-32-38(36)42-26-40-32)44(29-17-9-3-10-18-29)30-19-11-4-12-20-30;1-2(3)4;/h1-24H,25-26H2;1H3,(H,3,4);. The van der Waals surface area contributed by atoms with E-state index in [0.717, 1.165) is 41.0 Å². The zero-order chi connectivity index (χ0) is 32.9. The fourth-order valence-corrected chi connectivity index (χ4v) is 10.9. The second-order valence-corrected chi connectivity index (χ2v) is 15.3. The number of carboxylic acids is 1. The molecule has 0 spiro atoms. The molecule has 0 saturated carbocycles. The first-order valence-corrected chi connectivity index (χ1v) is 18.1. The zero-order valence-corrected chi connectivity index (χ0v) is 30.0. The van der Waals surface area contributed by atoms with Crippen molar-refractivity contribution in [1.29, 1.82) is 0 Å². The van der Waals surface area contributed by atoms with E-state index in [4.69, 9.17) is 28.8 Å². The van der Waals surface area contributed by atoms with Gasteiger partial charge >= 0.3 is 0 Å². The normalized spacial score (nSPS) is 12.2. The monoisotopic (exact) mass is 772 g/mol. The molecule has 0 aliphatic carbocycles. The number of rotatable bonds is 7. The van der Waals surface area contributed by atoms with Crippen molar-refractivity contribution >= 4 is 53.6 Å². The summed E-state index contributed by atoms with van der Waals surface area (Å²) in [5.74, 6) is 2.16. The Balaban J connectivity index is 0.000000792. The second-order valence-electron chi connectivity index (χ2n) is 10.9. The summed E-state index contributed by atoms with van der Waals surface area (Å²) >= 11 is 0. The minimum absolute atomic E-state index is 0. The third-order valence-electron chi connectivity index (χ3n) is 7.82. The number of benzene rings is 6. The summed E-state index contributed by atoms with van der Waals surface area (Å²) in [6.07, 6.45) is 0. The molecule has 0 aromatic heterocycles. The molecule has 0 saturated heterocycles. The molecule has 0 bridgehead atoms. The molecular formula is C40H32O6P2Ru. The van der Waals surface area contributed by atoms with E-state index in [1.54, 1.807) is 0 Å². The van der Waals surface area contributed by atoms with E-state index in [0.29, 0.717) is 0 Å². The number of aliphatic carboxylic acids is 1. The molecule has 9 heteroatoms. The Hall–Kier alpha value is -4.53. The van der Waals surface area contributed by atoms with Gasteiger partial charge in [0.15, 0.2) is 23.0 Å². The summed E-state index contributed by atoms with van der Waals surface area (Å²) in [6.45, 7) is 1.43. The Bertz CT molecular complexity index is 1800. The summed E-state index contributed by atoms with van der Waals surface area (Å²) in [5, 5.41) is 14.8. The van der Waals surface area contributed by atoms with Crippen LogP contribution in [0.5, 0.6) is 23.0 Å². The molecule has 0 unspecified atom stereocenters. The molecule has 2 aliphatic heterocycles. The fourth-order valence-electron chi connectivity index (χ4n) is 5.94. The number of hydrogen-bond acceptors (Lipinski definition) is 5. The number of carboxylic acid groups (broad SMARTS) is 1. The van der Waals surface area contributed by atoms with Crippen molar-refractivity contribution in [2.45, 2.75) is 6.92 Å². The summed E-state index contributed by atoms with van der Waals surface area (Å²) in [6, 6.07) is 51.6. The summed E-state index contributed by atoms with van der Waals surface area (Å²) in [4.78, 5) is 9.00. The van der Waals surface area contributed by atoms with Crippen LogP contribution >= 0.6 is 15.8 Å². The molecule has 8 rings (SSSR count). The minimum Gasteiger partial charge on any atom is -0.481 e. The van der Waals surface area contributed by atoms with E-state index in [-0.39, 0.29) is 33.1 Å². The number of ether oxygens (including phenoxy) is 4. The van der Waals surface area contributed by atoms with Gasteiger partial charge in [0.05, 0.1) is 0 Å². The molecule has 0 radical (unpaired) electrons. The largest absolute Gasteiger partial charge is 0.481 e. The van der Waals surface area contributed by atoms with E-state index in [1.165, 1.54) is 31.8 Å². The topological polar surface area (TPSA) is 74.2 Å². The zero-order valence-electron chi connectivity index (χ0n) is 26.5. The van der Waals surface area contributed by atoms with Gasteiger partial charge in [-0.15, -0.1) is 0 Å². The molecule has 0 amide bonds. The van der Waals surface area contributed by atoms with Crippen molar-refractivity contribution in [2.24, 2.45) is 0 Å². The van der Waals surface area contributed by atoms with Crippen LogP contribution in [0.25, 0.3) is 11.1 Å². The molecule has 0 fully saturated rings. The average Bonchev–Trinajstić information content (AvgIpc) is 3.81. The van der Waals surface area contributed by atoms with Crippen molar-refractivity contribution < 1.29 is 48.3 Å². The quantitative estimate of drug-likeness (QED) is 0.149. The summed E-state index contributed by atoms with van der Waals surface area (Å²) in [7, 11) is -1.94. The van der Waals surface area contributed by atoms with Gasteiger partial charge in [-0.3, -0.25) is 4.79 Å². The van der Waals surface area contributed by atoms with E-state index in [2.05, 4.69) is 146 Å². The Kier molecular flexibility index (Phi) is 11.1. The fraction of sp³-hybridized carbons (Fsp3) is 0.0750. The van der Waals surface area contributed by atoms with Gasteiger partial charge in [0, 0.05) is 37.5 Å². The third-order valence-corrected chi connectivity index (χ3v) is 12.8. The maximum atomic E-state index is 9.00. The molecule has 49 heavy (non-hydrogen) atoms. The van der Waals surface area contributed by atoms with E-state index < -0.39 is 21.8 Å². The maximum Gasteiger partial charge on any atom is 0.300 e. The summed E-state index contributed by atoms with van der Waals surface area (Å²) < 4.78 is 24.7. The van der Waals surface area contributed by atoms with Crippen LogP contribution < -0.4 is 50.8 Å². The van der Waals surface area contributed by atoms with Crippen LogP contribution in [0.1, 0.15) is 6.92 Å². The van der Waals surface area contributed by atoms with Crippen LogP contribution in [0.15, 0.2) is 146 Å². The predicted molar refractivity (Wildman–Crippen MR) is 195 cm³/mol. The van der Waals surface area contributed by atoms with Gasteiger partial charge in [-0.1, -0.05) is 121 Å². The molecule has 0 atom stereocenters. The molecule has 6 aromatic rings. The van der Waals surface area contributed by atoms with E-state index in [9.17, 15) is 0 Å². The van der Waals surface area contributed by atoms with Crippen molar-refractivity contribution in [2.75, 3.05) is 13.6 Å².